The first-order chi connectivity index (χ1) is 6.16. The summed E-state index contributed by atoms with van der Waals surface area (Å²) in [7, 11) is 0. The monoisotopic (exact) mass is 182 g/mol. The molecule has 0 aromatic carbocycles. The van der Waals surface area contributed by atoms with Gasteiger partial charge in [-0.3, -0.25) is 4.98 Å². The van der Waals surface area contributed by atoms with Gasteiger partial charge >= 0.3 is 0 Å². The average Bonchev–Trinajstić information content (AvgIpc) is 2.16. The van der Waals surface area contributed by atoms with Gasteiger partial charge in [0.1, 0.15) is 11.9 Å². The molecule has 0 aliphatic heterocycles. The molecule has 0 amide bonds. The van der Waals surface area contributed by atoms with E-state index in [2.05, 4.69) is 4.98 Å². The van der Waals surface area contributed by atoms with Gasteiger partial charge in [0.05, 0.1) is 12.3 Å². The van der Waals surface area contributed by atoms with Crippen molar-refractivity contribution in [2.24, 2.45) is 0 Å². The van der Waals surface area contributed by atoms with Gasteiger partial charge in [-0.2, -0.15) is 5.26 Å². The lowest BCUT2D eigenvalue weighted by molar-refractivity contribution is 0.0502. The number of hydrogen-bond donors (Lipinski definition) is 2. The largest absolute Gasteiger partial charge is 0.384 e. The molecule has 5 heteroatoms. The van der Waals surface area contributed by atoms with Crippen LogP contribution in [0.2, 0.25) is 0 Å². The molecule has 13 heavy (non-hydrogen) atoms. The zero-order valence-corrected chi connectivity index (χ0v) is 6.55. The smallest absolute Gasteiger partial charge is 0.170 e. The highest BCUT2D eigenvalue weighted by atomic mass is 19.1. The lowest BCUT2D eigenvalue weighted by atomic mass is 10.1. The lowest BCUT2D eigenvalue weighted by Gasteiger charge is -2.11. The van der Waals surface area contributed by atoms with E-state index in [0.717, 1.165) is 6.20 Å². The Morgan fingerprint density at radius 1 is 1.54 bits per heavy atom. The van der Waals surface area contributed by atoms with Gasteiger partial charge in [0.2, 0.25) is 0 Å². The second kappa shape index (κ2) is 3.94. The molecule has 0 aliphatic carbocycles. The summed E-state index contributed by atoms with van der Waals surface area (Å²) in [6.07, 6.45) is -0.987. The van der Waals surface area contributed by atoms with Gasteiger partial charge < -0.3 is 10.2 Å². The summed E-state index contributed by atoms with van der Waals surface area (Å²) in [6, 6.07) is 2.62. The van der Waals surface area contributed by atoms with Crippen molar-refractivity contribution in [2.75, 3.05) is 0 Å². The van der Waals surface area contributed by atoms with Crippen molar-refractivity contribution in [1.29, 1.82) is 5.26 Å². The fourth-order valence-corrected chi connectivity index (χ4v) is 0.866. The highest BCUT2D eigenvalue weighted by Gasteiger charge is 2.20. The maximum atomic E-state index is 12.9. The van der Waals surface area contributed by atoms with Gasteiger partial charge in [-0.15, -0.1) is 0 Å². The van der Waals surface area contributed by atoms with Gasteiger partial charge in [0.25, 0.3) is 0 Å². The molecule has 1 heterocycles. The van der Waals surface area contributed by atoms with Crippen molar-refractivity contribution in [2.45, 2.75) is 12.2 Å². The van der Waals surface area contributed by atoms with E-state index in [1.807, 2.05) is 0 Å². The van der Waals surface area contributed by atoms with E-state index in [1.165, 1.54) is 18.3 Å². The Labute approximate surface area is 73.9 Å². The van der Waals surface area contributed by atoms with Crippen molar-refractivity contribution in [1.82, 2.24) is 4.98 Å². The first kappa shape index (κ1) is 9.58. The van der Waals surface area contributed by atoms with Crippen molar-refractivity contribution < 1.29 is 14.6 Å². The molecule has 0 bridgehead atoms. The summed E-state index contributed by atoms with van der Waals surface area (Å²) < 4.78 is 12.9. The first-order valence-electron chi connectivity index (χ1n) is 3.52. The fraction of sp³-hybridized carbons (Fsp3) is 0.250. The number of aromatic nitrogens is 1. The van der Waals surface area contributed by atoms with E-state index in [1.54, 1.807) is 0 Å². The minimum Gasteiger partial charge on any atom is -0.384 e. The molecular formula is C8H7FN2O2. The Morgan fingerprint density at radius 2 is 2.23 bits per heavy atom. The van der Waals surface area contributed by atoms with Crippen LogP contribution in [0.4, 0.5) is 4.39 Å². The van der Waals surface area contributed by atoms with E-state index < -0.39 is 18.0 Å². The number of hydrogen-bond acceptors (Lipinski definition) is 4. The number of aliphatic hydroxyl groups excluding tert-OH is 2. The summed E-state index contributed by atoms with van der Waals surface area (Å²) in [5.41, 5.74) is -0.135. The van der Waals surface area contributed by atoms with Crippen LogP contribution in [0.15, 0.2) is 18.5 Å². The Hall–Kier alpha value is -1.51. The molecule has 2 N–H and O–H groups in total. The van der Waals surface area contributed by atoms with E-state index in [9.17, 15) is 9.50 Å². The molecule has 68 valence electrons. The van der Waals surface area contributed by atoms with Crippen LogP contribution in [0.1, 0.15) is 11.7 Å². The number of halogens is 1. The third kappa shape index (κ3) is 1.99. The third-order valence-corrected chi connectivity index (χ3v) is 1.55. The summed E-state index contributed by atoms with van der Waals surface area (Å²) in [4.78, 5) is 3.46. The number of pyridine rings is 1. The Bertz CT molecular complexity index is 337. The topological polar surface area (TPSA) is 77.1 Å². The molecule has 0 radical (unpaired) electrons. The third-order valence-electron chi connectivity index (χ3n) is 1.55. The maximum Gasteiger partial charge on any atom is 0.170 e. The van der Waals surface area contributed by atoms with Crippen molar-refractivity contribution in [3.05, 3.63) is 29.8 Å². The van der Waals surface area contributed by atoms with Crippen LogP contribution in [0.3, 0.4) is 0 Å². The number of rotatable bonds is 2. The predicted octanol–water partition coefficient (Wildman–Crippen LogP) is 0.139. The SMILES string of the molecule is N#CC(O)C(O)c1ccncc1F. The number of aliphatic hydroxyl groups is 2. The van der Waals surface area contributed by atoms with E-state index in [-0.39, 0.29) is 5.56 Å². The standard InChI is InChI=1S/C8H7FN2O2/c9-6-4-11-2-1-5(6)8(13)7(12)3-10/h1-2,4,7-8,12-13H. The summed E-state index contributed by atoms with van der Waals surface area (Å²) in [6.45, 7) is 0. The molecule has 0 fully saturated rings. The molecule has 0 spiro atoms. The maximum absolute atomic E-state index is 12.9. The molecule has 1 rings (SSSR count). The second-order valence-corrected chi connectivity index (χ2v) is 2.42. The van der Waals surface area contributed by atoms with Crippen LogP contribution >= 0.6 is 0 Å². The molecule has 1 aromatic heterocycles. The molecule has 0 saturated carbocycles. The van der Waals surface area contributed by atoms with Crippen molar-refractivity contribution in [3.8, 4) is 6.07 Å². The highest BCUT2D eigenvalue weighted by Crippen LogP contribution is 2.18. The molecule has 2 atom stereocenters. The molecule has 0 saturated heterocycles. The van der Waals surface area contributed by atoms with Gasteiger partial charge in [-0.25, -0.2) is 4.39 Å². The average molecular weight is 182 g/mol. The van der Waals surface area contributed by atoms with Crippen LogP contribution in [0.5, 0.6) is 0 Å². The Kier molecular flexibility index (Phi) is 2.90. The van der Waals surface area contributed by atoms with E-state index >= 15 is 0 Å². The summed E-state index contributed by atoms with van der Waals surface area (Å²) >= 11 is 0. The van der Waals surface area contributed by atoms with Crippen LogP contribution in [0.25, 0.3) is 0 Å². The van der Waals surface area contributed by atoms with Crippen LogP contribution in [-0.2, 0) is 0 Å². The second-order valence-electron chi connectivity index (χ2n) is 2.42. The molecule has 0 aliphatic rings. The first-order valence-corrected chi connectivity index (χ1v) is 3.52. The van der Waals surface area contributed by atoms with Gasteiger partial charge in [-0.05, 0) is 6.07 Å². The van der Waals surface area contributed by atoms with Gasteiger partial charge in [0.15, 0.2) is 6.10 Å². The lowest BCUT2D eigenvalue weighted by Crippen LogP contribution is -2.17. The Morgan fingerprint density at radius 3 is 2.77 bits per heavy atom. The predicted molar refractivity (Wildman–Crippen MR) is 40.8 cm³/mol. The van der Waals surface area contributed by atoms with Gasteiger partial charge in [0, 0.05) is 11.8 Å². The highest BCUT2D eigenvalue weighted by molar-refractivity contribution is 5.18. The Balaban J connectivity index is 2.96. The molecule has 2 unspecified atom stereocenters. The molecule has 4 nitrogen and oxygen atoms in total. The van der Waals surface area contributed by atoms with Crippen molar-refractivity contribution in [3.63, 3.8) is 0 Å². The summed E-state index contributed by atoms with van der Waals surface area (Å²) in [5.74, 6) is -0.746. The molecular weight excluding hydrogens is 175 g/mol. The zero-order chi connectivity index (χ0) is 9.84. The minimum absolute atomic E-state index is 0.135. The number of nitrogens with zero attached hydrogens (tertiary/aromatic N) is 2. The van der Waals surface area contributed by atoms with E-state index in [0.29, 0.717) is 0 Å². The normalized spacial score (nSPS) is 14.6. The summed E-state index contributed by atoms with van der Waals surface area (Å²) in [5, 5.41) is 26.4. The van der Waals surface area contributed by atoms with Gasteiger partial charge in [-0.1, -0.05) is 0 Å². The quantitative estimate of drug-likeness (QED) is 0.637. The van der Waals surface area contributed by atoms with Crippen LogP contribution < -0.4 is 0 Å². The fourth-order valence-electron chi connectivity index (χ4n) is 0.866. The van der Waals surface area contributed by atoms with E-state index in [4.69, 9.17) is 10.4 Å². The zero-order valence-electron chi connectivity index (χ0n) is 6.55. The molecule has 1 aromatic rings. The minimum atomic E-state index is -1.63. The van der Waals surface area contributed by atoms with Crippen molar-refractivity contribution >= 4 is 0 Å². The number of nitriles is 1. The van der Waals surface area contributed by atoms with Crippen LogP contribution in [0, 0.1) is 17.1 Å². The van der Waals surface area contributed by atoms with Crippen LogP contribution in [-0.4, -0.2) is 21.3 Å².